The molecule has 0 aliphatic carbocycles. The maximum absolute atomic E-state index is 12.8. The maximum Gasteiger partial charge on any atom is 0.416 e. The van der Waals surface area contributed by atoms with Crippen LogP contribution >= 0.6 is 11.6 Å². The first-order valence-electron chi connectivity index (χ1n) is 7.05. The number of nitrogens with zero attached hydrogens (tertiary/aromatic N) is 1. The largest absolute Gasteiger partial charge is 0.416 e. The van der Waals surface area contributed by atoms with Crippen molar-refractivity contribution in [3.05, 3.63) is 28.8 Å². The molecule has 0 fully saturated rings. The lowest BCUT2D eigenvalue weighted by atomic mass is 10.2. The first-order valence-corrected chi connectivity index (χ1v) is 8.87. The van der Waals surface area contributed by atoms with Gasteiger partial charge in [-0.25, -0.2) is 8.42 Å². The molecule has 1 aromatic rings. The smallest absolute Gasteiger partial charge is 0.353 e. The molecule has 0 atom stereocenters. The molecule has 0 saturated carbocycles. The van der Waals surface area contributed by atoms with Crippen molar-refractivity contribution in [2.24, 2.45) is 0 Å². The monoisotopic (exact) mass is 386 g/mol. The second-order valence-electron chi connectivity index (χ2n) is 5.30. The van der Waals surface area contributed by atoms with Crippen LogP contribution in [0.25, 0.3) is 0 Å². The summed E-state index contributed by atoms with van der Waals surface area (Å²) in [5, 5.41) is 2.18. The molecular formula is C14H18ClF3N2O3S. The Labute approximate surface area is 143 Å². The molecule has 0 radical (unpaired) electrons. The third-order valence-electron chi connectivity index (χ3n) is 3.00. The van der Waals surface area contributed by atoms with Gasteiger partial charge in [0, 0.05) is 12.6 Å². The molecule has 136 valence electrons. The number of halogens is 4. The number of sulfonamides is 1. The van der Waals surface area contributed by atoms with Crippen LogP contribution < -0.4 is 5.32 Å². The Morgan fingerprint density at radius 1 is 1.33 bits per heavy atom. The van der Waals surface area contributed by atoms with Crippen LogP contribution in [0.4, 0.5) is 13.2 Å². The van der Waals surface area contributed by atoms with Gasteiger partial charge in [0.2, 0.25) is 15.9 Å². The minimum atomic E-state index is -4.71. The number of hydrogen-bond donors (Lipinski definition) is 1. The van der Waals surface area contributed by atoms with Crippen molar-refractivity contribution in [2.45, 2.75) is 37.9 Å². The van der Waals surface area contributed by atoms with E-state index in [1.807, 2.05) is 0 Å². The van der Waals surface area contributed by atoms with E-state index in [9.17, 15) is 26.4 Å². The highest BCUT2D eigenvalue weighted by Gasteiger charge is 2.34. The Balaban J connectivity index is 3.24. The minimum Gasteiger partial charge on any atom is -0.353 e. The van der Waals surface area contributed by atoms with Crippen molar-refractivity contribution in [3.63, 3.8) is 0 Å². The molecule has 1 N–H and O–H groups in total. The molecule has 1 amide bonds. The van der Waals surface area contributed by atoms with E-state index in [1.54, 1.807) is 13.8 Å². The van der Waals surface area contributed by atoms with Gasteiger partial charge in [0.05, 0.1) is 17.1 Å². The van der Waals surface area contributed by atoms with Crippen LogP contribution in [0, 0.1) is 0 Å². The molecule has 0 spiro atoms. The molecule has 5 nitrogen and oxygen atoms in total. The fraction of sp³-hybridized carbons (Fsp3) is 0.500. The van der Waals surface area contributed by atoms with Crippen molar-refractivity contribution in [1.82, 2.24) is 9.62 Å². The highest BCUT2D eigenvalue weighted by molar-refractivity contribution is 7.89. The Bertz CT molecular complexity index is 706. The number of likely N-dealkylation sites (N-methyl/N-ethyl adjacent to an activating group) is 1. The molecule has 0 aromatic heterocycles. The van der Waals surface area contributed by atoms with Crippen molar-refractivity contribution >= 4 is 27.5 Å². The summed E-state index contributed by atoms with van der Waals surface area (Å²) in [5.74, 6) is -0.557. The summed E-state index contributed by atoms with van der Waals surface area (Å²) in [6, 6.07) is 1.85. The van der Waals surface area contributed by atoms with Crippen molar-refractivity contribution in [1.29, 1.82) is 0 Å². The predicted molar refractivity (Wildman–Crippen MR) is 84.2 cm³/mol. The fourth-order valence-corrected chi connectivity index (χ4v) is 3.82. The number of carbonyl (C=O) groups excluding carboxylic acids is 1. The van der Waals surface area contributed by atoms with Crippen LogP contribution in [-0.4, -0.2) is 37.8 Å². The van der Waals surface area contributed by atoms with Crippen LogP contribution in [-0.2, 0) is 21.0 Å². The van der Waals surface area contributed by atoms with Gasteiger partial charge in [-0.3, -0.25) is 4.79 Å². The van der Waals surface area contributed by atoms with E-state index in [-0.39, 0.29) is 17.6 Å². The molecule has 0 aliphatic heterocycles. The van der Waals surface area contributed by atoms with Crippen LogP contribution in [0.5, 0.6) is 0 Å². The zero-order valence-corrected chi connectivity index (χ0v) is 14.9. The average Bonchev–Trinajstić information content (AvgIpc) is 2.42. The van der Waals surface area contributed by atoms with Crippen LogP contribution in [0.15, 0.2) is 23.1 Å². The number of carbonyl (C=O) groups is 1. The van der Waals surface area contributed by atoms with E-state index < -0.39 is 39.1 Å². The van der Waals surface area contributed by atoms with E-state index in [4.69, 9.17) is 11.6 Å². The lowest BCUT2D eigenvalue weighted by Gasteiger charge is -2.22. The lowest BCUT2D eigenvalue weighted by molar-refractivity contribution is -0.137. The van der Waals surface area contributed by atoms with Gasteiger partial charge >= 0.3 is 6.18 Å². The second-order valence-corrected chi connectivity index (χ2v) is 7.61. The molecular weight excluding hydrogens is 369 g/mol. The zero-order chi connectivity index (χ0) is 18.7. The van der Waals surface area contributed by atoms with Gasteiger partial charge in [-0.15, -0.1) is 0 Å². The van der Waals surface area contributed by atoms with Crippen molar-refractivity contribution < 1.29 is 26.4 Å². The maximum atomic E-state index is 12.8. The third kappa shape index (κ3) is 5.09. The zero-order valence-electron chi connectivity index (χ0n) is 13.3. The van der Waals surface area contributed by atoms with Gasteiger partial charge in [0.15, 0.2) is 0 Å². The number of hydrogen-bond acceptors (Lipinski definition) is 3. The van der Waals surface area contributed by atoms with E-state index in [0.717, 1.165) is 10.4 Å². The lowest BCUT2D eigenvalue weighted by Crippen LogP contribution is -2.42. The van der Waals surface area contributed by atoms with Gasteiger partial charge in [-0.2, -0.15) is 17.5 Å². The Morgan fingerprint density at radius 3 is 2.38 bits per heavy atom. The summed E-state index contributed by atoms with van der Waals surface area (Å²) in [6.45, 7) is 4.27. The summed E-state index contributed by atoms with van der Waals surface area (Å²) in [7, 11) is -4.35. The fourth-order valence-electron chi connectivity index (χ4n) is 1.91. The minimum absolute atomic E-state index is 0.0968. The quantitative estimate of drug-likeness (QED) is 0.817. The number of amides is 1. The summed E-state index contributed by atoms with van der Waals surface area (Å²) < 4.78 is 64.4. The molecule has 10 heteroatoms. The standard InChI is InChI=1S/C14H18ClF3N2O3S/c1-4-20(8-13(21)19-9(2)3)24(22,23)12-7-10(14(16,17)18)5-6-11(12)15/h5-7,9H,4,8H2,1-3H3,(H,19,21). The Hall–Kier alpha value is -1.32. The van der Waals surface area contributed by atoms with E-state index in [2.05, 4.69) is 5.32 Å². The van der Waals surface area contributed by atoms with E-state index >= 15 is 0 Å². The average molecular weight is 387 g/mol. The predicted octanol–water partition coefficient (Wildman–Crippen LogP) is 2.89. The Morgan fingerprint density at radius 2 is 1.92 bits per heavy atom. The number of benzene rings is 1. The highest BCUT2D eigenvalue weighted by atomic mass is 35.5. The topological polar surface area (TPSA) is 66.5 Å². The van der Waals surface area contributed by atoms with Gasteiger partial charge < -0.3 is 5.32 Å². The van der Waals surface area contributed by atoms with Gasteiger partial charge in [0.25, 0.3) is 0 Å². The Kier molecular flexibility index (Phi) is 6.66. The molecule has 0 unspecified atom stereocenters. The van der Waals surface area contributed by atoms with E-state index in [1.165, 1.54) is 6.92 Å². The number of nitrogens with one attached hydrogen (secondary N) is 1. The van der Waals surface area contributed by atoms with Crippen molar-refractivity contribution in [2.75, 3.05) is 13.1 Å². The molecule has 0 heterocycles. The normalized spacial score (nSPS) is 12.7. The highest BCUT2D eigenvalue weighted by Crippen LogP contribution is 2.34. The van der Waals surface area contributed by atoms with E-state index in [0.29, 0.717) is 12.1 Å². The van der Waals surface area contributed by atoms with Gasteiger partial charge in [0.1, 0.15) is 4.90 Å². The van der Waals surface area contributed by atoms with Crippen LogP contribution in [0.2, 0.25) is 5.02 Å². The number of rotatable bonds is 6. The van der Waals surface area contributed by atoms with Crippen molar-refractivity contribution in [3.8, 4) is 0 Å². The summed E-state index contributed by atoms with van der Waals surface area (Å²) in [5.41, 5.74) is -1.13. The molecule has 0 bridgehead atoms. The molecule has 1 aromatic carbocycles. The van der Waals surface area contributed by atoms with Gasteiger partial charge in [-0.1, -0.05) is 18.5 Å². The first kappa shape index (κ1) is 20.7. The SMILES string of the molecule is CCN(CC(=O)NC(C)C)S(=O)(=O)c1cc(C(F)(F)F)ccc1Cl. The molecule has 24 heavy (non-hydrogen) atoms. The van der Waals surface area contributed by atoms with Crippen LogP contribution in [0.3, 0.4) is 0 Å². The molecule has 1 rings (SSSR count). The van der Waals surface area contributed by atoms with Gasteiger partial charge in [-0.05, 0) is 32.0 Å². The molecule has 0 saturated heterocycles. The summed E-state index contributed by atoms with van der Waals surface area (Å²) in [4.78, 5) is 11.1. The first-order chi connectivity index (χ1) is 10.9. The third-order valence-corrected chi connectivity index (χ3v) is 5.40. The summed E-state index contributed by atoms with van der Waals surface area (Å²) >= 11 is 5.78. The summed E-state index contributed by atoms with van der Waals surface area (Å²) in [6.07, 6.45) is -4.71. The molecule has 0 aliphatic rings. The second kappa shape index (κ2) is 7.71. The van der Waals surface area contributed by atoms with Crippen LogP contribution in [0.1, 0.15) is 26.3 Å². The number of alkyl halides is 3.